The Hall–Kier alpha value is -0.900. The standard InChI is InChI=1S/C12H23N3O/c1-9(2)6-7-11-14-12(16-15-11)10(3)5-4-8-13/h9-10H,4-8,13H2,1-3H3. The van der Waals surface area contributed by atoms with Gasteiger partial charge in [-0.25, -0.2) is 0 Å². The average Bonchev–Trinajstić information content (AvgIpc) is 2.71. The fourth-order valence-corrected chi connectivity index (χ4v) is 1.53. The van der Waals surface area contributed by atoms with Gasteiger partial charge in [-0.1, -0.05) is 25.9 Å². The van der Waals surface area contributed by atoms with E-state index in [1.807, 2.05) is 0 Å². The predicted molar refractivity (Wildman–Crippen MR) is 64.2 cm³/mol. The van der Waals surface area contributed by atoms with E-state index in [2.05, 4.69) is 30.9 Å². The van der Waals surface area contributed by atoms with Crippen molar-refractivity contribution < 1.29 is 4.52 Å². The maximum atomic E-state index is 5.47. The molecule has 0 fully saturated rings. The lowest BCUT2D eigenvalue weighted by Crippen LogP contribution is -2.02. The van der Waals surface area contributed by atoms with Gasteiger partial charge in [0.25, 0.3) is 0 Å². The van der Waals surface area contributed by atoms with E-state index in [9.17, 15) is 0 Å². The number of aryl methyl sites for hydroxylation is 1. The van der Waals surface area contributed by atoms with E-state index in [-0.39, 0.29) is 0 Å². The lowest BCUT2D eigenvalue weighted by atomic mass is 10.1. The van der Waals surface area contributed by atoms with Crippen molar-refractivity contribution >= 4 is 0 Å². The zero-order valence-electron chi connectivity index (χ0n) is 10.6. The van der Waals surface area contributed by atoms with Crippen LogP contribution in [-0.2, 0) is 6.42 Å². The Morgan fingerprint density at radius 3 is 2.62 bits per heavy atom. The van der Waals surface area contributed by atoms with E-state index >= 15 is 0 Å². The lowest BCUT2D eigenvalue weighted by Gasteiger charge is -2.03. The maximum absolute atomic E-state index is 5.47. The summed E-state index contributed by atoms with van der Waals surface area (Å²) in [6, 6.07) is 0. The molecule has 1 aromatic rings. The number of nitrogens with zero attached hydrogens (tertiary/aromatic N) is 2. The van der Waals surface area contributed by atoms with Gasteiger partial charge in [-0.3, -0.25) is 0 Å². The van der Waals surface area contributed by atoms with Crippen LogP contribution >= 0.6 is 0 Å². The molecule has 1 aromatic heterocycles. The van der Waals surface area contributed by atoms with Gasteiger partial charge in [-0.15, -0.1) is 0 Å². The predicted octanol–water partition coefficient (Wildman–Crippen LogP) is 2.50. The van der Waals surface area contributed by atoms with Crippen molar-refractivity contribution in [3.8, 4) is 0 Å². The number of rotatable bonds is 7. The van der Waals surface area contributed by atoms with Crippen LogP contribution in [0.15, 0.2) is 4.52 Å². The van der Waals surface area contributed by atoms with Gasteiger partial charge in [0.1, 0.15) is 0 Å². The Morgan fingerprint density at radius 1 is 1.25 bits per heavy atom. The van der Waals surface area contributed by atoms with Crippen LogP contribution in [0.4, 0.5) is 0 Å². The highest BCUT2D eigenvalue weighted by Crippen LogP contribution is 2.18. The number of hydrogen-bond acceptors (Lipinski definition) is 4. The molecule has 0 aliphatic rings. The van der Waals surface area contributed by atoms with Crippen LogP contribution in [0.2, 0.25) is 0 Å². The Bertz CT molecular complexity index is 296. The molecule has 16 heavy (non-hydrogen) atoms. The Kier molecular flexibility index (Phi) is 5.46. The normalized spacial score (nSPS) is 13.3. The first-order valence-electron chi connectivity index (χ1n) is 6.16. The van der Waals surface area contributed by atoms with Gasteiger partial charge in [0.05, 0.1) is 0 Å². The molecule has 0 aromatic carbocycles. The molecule has 1 heterocycles. The highest BCUT2D eigenvalue weighted by molar-refractivity contribution is 4.92. The first-order valence-corrected chi connectivity index (χ1v) is 6.16. The topological polar surface area (TPSA) is 64.9 Å². The maximum Gasteiger partial charge on any atom is 0.229 e. The van der Waals surface area contributed by atoms with E-state index in [0.717, 1.165) is 43.9 Å². The quantitative estimate of drug-likeness (QED) is 0.774. The van der Waals surface area contributed by atoms with Crippen molar-refractivity contribution in [2.75, 3.05) is 6.54 Å². The van der Waals surface area contributed by atoms with Crippen LogP contribution in [0.3, 0.4) is 0 Å². The molecule has 92 valence electrons. The van der Waals surface area contributed by atoms with Crippen molar-refractivity contribution in [3.05, 3.63) is 11.7 Å². The third kappa shape index (κ3) is 4.31. The SMILES string of the molecule is CC(C)CCc1noc(C(C)CCCN)n1. The fourth-order valence-electron chi connectivity index (χ4n) is 1.53. The van der Waals surface area contributed by atoms with Crippen molar-refractivity contribution in [1.82, 2.24) is 10.1 Å². The Labute approximate surface area is 97.6 Å². The number of aromatic nitrogens is 2. The summed E-state index contributed by atoms with van der Waals surface area (Å²) >= 11 is 0. The number of nitrogens with two attached hydrogens (primary N) is 1. The third-order valence-electron chi connectivity index (χ3n) is 2.69. The summed E-state index contributed by atoms with van der Waals surface area (Å²) in [6.45, 7) is 7.23. The number of hydrogen-bond donors (Lipinski definition) is 1. The summed E-state index contributed by atoms with van der Waals surface area (Å²) in [7, 11) is 0. The van der Waals surface area contributed by atoms with Gasteiger partial charge in [0.2, 0.25) is 5.89 Å². The van der Waals surface area contributed by atoms with Crippen LogP contribution < -0.4 is 5.73 Å². The lowest BCUT2D eigenvalue weighted by molar-refractivity contribution is 0.347. The van der Waals surface area contributed by atoms with E-state index in [1.165, 1.54) is 0 Å². The van der Waals surface area contributed by atoms with Crippen molar-refractivity contribution in [3.63, 3.8) is 0 Å². The van der Waals surface area contributed by atoms with Crippen LogP contribution in [0.25, 0.3) is 0 Å². The first kappa shape index (κ1) is 13.2. The molecular weight excluding hydrogens is 202 g/mol. The molecule has 4 heteroatoms. The Morgan fingerprint density at radius 2 is 2.00 bits per heavy atom. The molecule has 0 aliphatic carbocycles. The molecule has 0 bridgehead atoms. The molecule has 0 aliphatic heterocycles. The molecular formula is C12H23N3O. The van der Waals surface area contributed by atoms with Gasteiger partial charge in [-0.2, -0.15) is 4.98 Å². The zero-order valence-corrected chi connectivity index (χ0v) is 10.6. The minimum absolute atomic E-state index is 0.323. The minimum Gasteiger partial charge on any atom is -0.339 e. The molecule has 1 rings (SSSR count). The summed E-state index contributed by atoms with van der Waals surface area (Å²) in [4.78, 5) is 4.42. The molecule has 0 spiro atoms. The molecule has 2 N–H and O–H groups in total. The second-order valence-corrected chi connectivity index (χ2v) is 4.81. The molecule has 0 amide bonds. The summed E-state index contributed by atoms with van der Waals surface area (Å²) in [5.74, 6) is 2.59. The summed E-state index contributed by atoms with van der Waals surface area (Å²) in [5.41, 5.74) is 5.47. The van der Waals surface area contributed by atoms with Crippen molar-refractivity contribution in [1.29, 1.82) is 0 Å². The van der Waals surface area contributed by atoms with E-state index in [1.54, 1.807) is 0 Å². The fraction of sp³-hybridized carbons (Fsp3) is 0.833. The molecule has 0 radical (unpaired) electrons. The molecule has 0 saturated heterocycles. The second-order valence-electron chi connectivity index (χ2n) is 4.81. The van der Waals surface area contributed by atoms with Gasteiger partial charge in [0, 0.05) is 12.3 Å². The largest absolute Gasteiger partial charge is 0.339 e. The third-order valence-corrected chi connectivity index (χ3v) is 2.69. The monoisotopic (exact) mass is 225 g/mol. The Balaban J connectivity index is 2.43. The highest BCUT2D eigenvalue weighted by Gasteiger charge is 2.13. The van der Waals surface area contributed by atoms with Gasteiger partial charge >= 0.3 is 0 Å². The molecule has 4 nitrogen and oxygen atoms in total. The van der Waals surface area contributed by atoms with E-state index in [4.69, 9.17) is 10.3 Å². The molecule has 0 saturated carbocycles. The average molecular weight is 225 g/mol. The van der Waals surface area contributed by atoms with Gasteiger partial charge < -0.3 is 10.3 Å². The van der Waals surface area contributed by atoms with E-state index in [0.29, 0.717) is 11.8 Å². The second kappa shape index (κ2) is 6.63. The summed E-state index contributed by atoms with van der Waals surface area (Å²) in [6.07, 6.45) is 4.04. The highest BCUT2D eigenvalue weighted by atomic mass is 16.5. The summed E-state index contributed by atoms with van der Waals surface area (Å²) in [5, 5.41) is 4.00. The molecule has 1 atom stereocenters. The smallest absolute Gasteiger partial charge is 0.229 e. The minimum atomic E-state index is 0.323. The van der Waals surface area contributed by atoms with Crippen LogP contribution in [0.5, 0.6) is 0 Å². The van der Waals surface area contributed by atoms with Crippen LogP contribution in [0, 0.1) is 5.92 Å². The summed E-state index contributed by atoms with van der Waals surface area (Å²) < 4.78 is 5.25. The van der Waals surface area contributed by atoms with E-state index < -0.39 is 0 Å². The van der Waals surface area contributed by atoms with Gasteiger partial charge in [-0.05, 0) is 31.7 Å². The van der Waals surface area contributed by atoms with Crippen LogP contribution in [0.1, 0.15) is 57.7 Å². The van der Waals surface area contributed by atoms with Gasteiger partial charge in [0.15, 0.2) is 5.82 Å². The van der Waals surface area contributed by atoms with Crippen molar-refractivity contribution in [2.24, 2.45) is 11.7 Å². The zero-order chi connectivity index (χ0) is 12.0. The van der Waals surface area contributed by atoms with Crippen molar-refractivity contribution in [2.45, 2.75) is 52.4 Å². The first-order chi connectivity index (χ1) is 7.63. The van der Waals surface area contributed by atoms with Crippen LogP contribution in [-0.4, -0.2) is 16.7 Å². The molecule has 1 unspecified atom stereocenters.